The van der Waals surface area contributed by atoms with Crippen LogP contribution in [0, 0.1) is 0 Å². The number of nitrogens with zero attached hydrogens (tertiary/aromatic N) is 5. The molecular formula is C17H15F2N5O2. The lowest BCUT2D eigenvalue weighted by Gasteiger charge is -2.20. The fourth-order valence-electron chi connectivity index (χ4n) is 3.05. The lowest BCUT2D eigenvalue weighted by Crippen LogP contribution is -2.31. The summed E-state index contributed by atoms with van der Waals surface area (Å²) in [5.74, 6) is 0.358. The highest BCUT2D eigenvalue weighted by atomic mass is 19.3. The van der Waals surface area contributed by atoms with Crippen LogP contribution in [0.4, 0.5) is 8.78 Å². The molecule has 1 aliphatic heterocycles. The van der Waals surface area contributed by atoms with Gasteiger partial charge in [0.2, 0.25) is 11.7 Å². The van der Waals surface area contributed by atoms with E-state index in [0.29, 0.717) is 29.4 Å². The largest absolute Gasteiger partial charge is 0.337 e. The first kappa shape index (κ1) is 16.4. The second-order valence-electron chi connectivity index (χ2n) is 5.94. The lowest BCUT2D eigenvalue weighted by atomic mass is 10.2. The summed E-state index contributed by atoms with van der Waals surface area (Å²) in [4.78, 5) is 18.6. The number of aromatic nitrogens is 4. The Hall–Kier alpha value is -3.10. The van der Waals surface area contributed by atoms with E-state index in [-0.39, 0.29) is 11.7 Å². The number of rotatable bonds is 4. The maximum absolute atomic E-state index is 12.7. The molecule has 3 aromatic rings. The molecule has 0 aliphatic carbocycles. The summed E-state index contributed by atoms with van der Waals surface area (Å²) in [6, 6.07) is 10.3. The van der Waals surface area contributed by atoms with Gasteiger partial charge in [0, 0.05) is 18.3 Å². The van der Waals surface area contributed by atoms with Crippen LogP contribution in [-0.4, -0.2) is 37.3 Å². The number of benzene rings is 1. The van der Waals surface area contributed by atoms with Gasteiger partial charge in [0.15, 0.2) is 5.69 Å². The molecule has 0 saturated carbocycles. The van der Waals surface area contributed by atoms with Crippen molar-refractivity contribution in [3.8, 4) is 11.4 Å². The molecule has 7 nitrogen and oxygen atoms in total. The number of amides is 1. The third-order valence-corrected chi connectivity index (χ3v) is 4.30. The van der Waals surface area contributed by atoms with Crippen LogP contribution in [0.5, 0.6) is 0 Å². The quantitative estimate of drug-likeness (QED) is 0.714. The van der Waals surface area contributed by atoms with Crippen LogP contribution in [0.15, 0.2) is 47.1 Å². The molecule has 0 unspecified atom stereocenters. The molecule has 1 aromatic carbocycles. The minimum Gasteiger partial charge on any atom is -0.337 e. The maximum atomic E-state index is 12.7. The van der Waals surface area contributed by atoms with Gasteiger partial charge in [-0.15, -0.1) is 0 Å². The van der Waals surface area contributed by atoms with Crippen LogP contribution in [0.25, 0.3) is 11.4 Å². The molecule has 1 fully saturated rings. The van der Waals surface area contributed by atoms with Gasteiger partial charge < -0.3 is 9.42 Å². The second-order valence-corrected chi connectivity index (χ2v) is 5.94. The monoisotopic (exact) mass is 359 g/mol. The predicted octanol–water partition coefficient (Wildman–Crippen LogP) is 3.31. The van der Waals surface area contributed by atoms with E-state index in [4.69, 9.17) is 4.52 Å². The molecule has 2 aromatic heterocycles. The Kier molecular flexibility index (Phi) is 4.19. The van der Waals surface area contributed by atoms with Crippen LogP contribution in [0.1, 0.15) is 41.8 Å². The Labute approximate surface area is 147 Å². The average Bonchev–Trinajstić information content (AvgIpc) is 3.41. The fourth-order valence-corrected chi connectivity index (χ4v) is 3.05. The zero-order valence-corrected chi connectivity index (χ0v) is 13.6. The summed E-state index contributed by atoms with van der Waals surface area (Å²) >= 11 is 0. The summed E-state index contributed by atoms with van der Waals surface area (Å²) in [7, 11) is 0. The third-order valence-electron chi connectivity index (χ3n) is 4.30. The maximum Gasteiger partial charge on any atom is 0.333 e. The smallest absolute Gasteiger partial charge is 0.333 e. The van der Waals surface area contributed by atoms with Crippen molar-refractivity contribution in [3.05, 3.63) is 54.2 Å². The van der Waals surface area contributed by atoms with E-state index in [1.807, 2.05) is 30.3 Å². The van der Waals surface area contributed by atoms with Crippen molar-refractivity contribution in [2.24, 2.45) is 0 Å². The highest BCUT2D eigenvalue weighted by Gasteiger charge is 2.35. The molecule has 26 heavy (non-hydrogen) atoms. The molecule has 1 amide bonds. The number of hydrogen-bond donors (Lipinski definition) is 0. The summed E-state index contributed by atoms with van der Waals surface area (Å²) in [5, 5.41) is 7.63. The predicted molar refractivity (Wildman–Crippen MR) is 86.2 cm³/mol. The van der Waals surface area contributed by atoms with Crippen LogP contribution >= 0.6 is 0 Å². The van der Waals surface area contributed by atoms with Gasteiger partial charge in [0.25, 0.3) is 5.91 Å². The molecular weight excluding hydrogens is 344 g/mol. The molecule has 0 radical (unpaired) electrons. The van der Waals surface area contributed by atoms with Gasteiger partial charge in [0.1, 0.15) is 6.04 Å². The fraction of sp³-hybridized carbons (Fsp3) is 0.294. The third kappa shape index (κ3) is 2.96. The Morgan fingerprint density at radius 1 is 1.23 bits per heavy atom. The summed E-state index contributed by atoms with van der Waals surface area (Å²) < 4.78 is 31.2. The van der Waals surface area contributed by atoms with Gasteiger partial charge in [-0.3, -0.25) is 4.79 Å². The van der Waals surface area contributed by atoms with Crippen LogP contribution in [-0.2, 0) is 0 Å². The van der Waals surface area contributed by atoms with Crippen molar-refractivity contribution in [2.45, 2.75) is 25.4 Å². The first-order valence-corrected chi connectivity index (χ1v) is 8.17. The van der Waals surface area contributed by atoms with Gasteiger partial charge in [0.05, 0.1) is 0 Å². The standard InChI is InChI=1S/C17H15F2N5O2/c18-17(19)24-10-8-12(21-24)16(25)23-9-4-7-13(23)15-20-14(22-26-15)11-5-2-1-3-6-11/h1-3,5-6,8,10,13,17H,4,7,9H2/t13-/m0/s1. The van der Waals surface area contributed by atoms with Gasteiger partial charge in [-0.1, -0.05) is 35.5 Å². The summed E-state index contributed by atoms with van der Waals surface area (Å²) in [6.07, 6.45) is 2.51. The Balaban J connectivity index is 1.57. The first-order chi connectivity index (χ1) is 12.6. The molecule has 0 bridgehead atoms. The zero-order valence-electron chi connectivity index (χ0n) is 13.6. The summed E-state index contributed by atoms with van der Waals surface area (Å²) in [6.45, 7) is -2.30. The molecule has 1 saturated heterocycles. The van der Waals surface area contributed by atoms with E-state index in [1.165, 1.54) is 6.07 Å². The van der Waals surface area contributed by atoms with E-state index >= 15 is 0 Å². The molecule has 0 spiro atoms. The first-order valence-electron chi connectivity index (χ1n) is 8.17. The Morgan fingerprint density at radius 3 is 2.77 bits per heavy atom. The van der Waals surface area contributed by atoms with E-state index in [1.54, 1.807) is 4.90 Å². The number of hydrogen-bond acceptors (Lipinski definition) is 5. The second kappa shape index (κ2) is 6.66. The van der Waals surface area contributed by atoms with Gasteiger partial charge in [-0.2, -0.15) is 18.9 Å². The molecule has 4 rings (SSSR count). The Morgan fingerprint density at radius 2 is 2.04 bits per heavy atom. The van der Waals surface area contributed by atoms with Crippen molar-refractivity contribution in [1.82, 2.24) is 24.8 Å². The van der Waals surface area contributed by atoms with Gasteiger partial charge in [-0.05, 0) is 18.9 Å². The molecule has 1 atom stereocenters. The van der Waals surface area contributed by atoms with E-state index in [2.05, 4.69) is 15.2 Å². The number of likely N-dealkylation sites (tertiary alicyclic amines) is 1. The van der Waals surface area contributed by atoms with Gasteiger partial charge >= 0.3 is 6.55 Å². The lowest BCUT2D eigenvalue weighted by molar-refractivity contribution is 0.0547. The van der Waals surface area contributed by atoms with E-state index in [0.717, 1.165) is 18.2 Å². The minimum atomic E-state index is -2.78. The summed E-state index contributed by atoms with van der Waals surface area (Å²) in [5.41, 5.74) is 0.786. The highest BCUT2D eigenvalue weighted by molar-refractivity contribution is 5.92. The van der Waals surface area contributed by atoms with Crippen LogP contribution < -0.4 is 0 Å². The molecule has 1 aliphatic rings. The SMILES string of the molecule is O=C(c1ccn(C(F)F)n1)N1CCC[C@H]1c1nc(-c2ccccc2)no1. The number of carbonyl (C=O) groups excluding carboxylic acids is 1. The molecule has 0 N–H and O–H groups in total. The topological polar surface area (TPSA) is 77.1 Å². The van der Waals surface area contributed by atoms with Crippen molar-refractivity contribution in [1.29, 1.82) is 0 Å². The molecule has 9 heteroatoms. The zero-order chi connectivity index (χ0) is 18.1. The van der Waals surface area contributed by atoms with Crippen molar-refractivity contribution < 1.29 is 18.1 Å². The van der Waals surface area contributed by atoms with E-state index < -0.39 is 12.5 Å². The van der Waals surface area contributed by atoms with Crippen molar-refractivity contribution >= 4 is 5.91 Å². The van der Waals surface area contributed by atoms with Crippen molar-refractivity contribution in [2.75, 3.05) is 6.54 Å². The molecule has 3 heterocycles. The van der Waals surface area contributed by atoms with Crippen LogP contribution in [0.2, 0.25) is 0 Å². The number of alkyl halides is 2. The highest BCUT2D eigenvalue weighted by Crippen LogP contribution is 2.33. The van der Waals surface area contributed by atoms with Crippen molar-refractivity contribution in [3.63, 3.8) is 0 Å². The van der Waals surface area contributed by atoms with Crippen LogP contribution in [0.3, 0.4) is 0 Å². The normalized spacial score (nSPS) is 17.2. The molecule has 134 valence electrons. The average molecular weight is 359 g/mol. The minimum absolute atomic E-state index is 0.0278. The Bertz CT molecular complexity index is 909. The van der Waals surface area contributed by atoms with E-state index in [9.17, 15) is 13.6 Å². The number of halogens is 2. The number of carbonyl (C=O) groups is 1. The van der Waals surface area contributed by atoms with Gasteiger partial charge in [-0.25, -0.2) is 4.68 Å².